The molecule has 1 amide bonds. The van der Waals surface area contributed by atoms with E-state index in [1.807, 2.05) is 36.6 Å². The van der Waals surface area contributed by atoms with Crippen molar-refractivity contribution in [3.63, 3.8) is 0 Å². The number of methoxy groups -OCH3 is 1. The standard InChI is InChI=1S/C22H23N3O4S/c1-4-29-21(27)18-19(23-20(26)16-10-12-17(28-2)13-11-16)24-22(30-3)25(18)14-15-8-6-5-7-9-15/h5-13H,4,14H2,1-3H3,(H,23,26). The van der Waals surface area contributed by atoms with Crippen molar-refractivity contribution in [3.05, 3.63) is 71.4 Å². The van der Waals surface area contributed by atoms with Crippen LogP contribution < -0.4 is 10.1 Å². The smallest absolute Gasteiger partial charge is 0.358 e. The fourth-order valence-electron chi connectivity index (χ4n) is 2.92. The number of carbonyl (C=O) groups is 2. The number of nitrogens with zero attached hydrogens (tertiary/aromatic N) is 2. The minimum atomic E-state index is -0.536. The van der Waals surface area contributed by atoms with Crippen LogP contribution in [0.2, 0.25) is 0 Å². The SMILES string of the molecule is CCOC(=O)c1c(NC(=O)c2ccc(OC)cc2)nc(SC)n1Cc1ccccc1. The number of rotatable bonds is 8. The summed E-state index contributed by atoms with van der Waals surface area (Å²) in [6.45, 7) is 2.38. The van der Waals surface area contributed by atoms with Crippen LogP contribution in [0.1, 0.15) is 33.3 Å². The fourth-order valence-corrected chi connectivity index (χ4v) is 3.48. The van der Waals surface area contributed by atoms with Gasteiger partial charge in [-0.3, -0.25) is 4.79 Å². The van der Waals surface area contributed by atoms with Gasteiger partial charge in [-0.2, -0.15) is 0 Å². The van der Waals surface area contributed by atoms with Gasteiger partial charge in [0.15, 0.2) is 16.7 Å². The monoisotopic (exact) mass is 425 g/mol. The summed E-state index contributed by atoms with van der Waals surface area (Å²) >= 11 is 1.39. The van der Waals surface area contributed by atoms with E-state index in [1.165, 1.54) is 11.8 Å². The summed E-state index contributed by atoms with van der Waals surface area (Å²) in [7, 11) is 1.56. The molecule has 0 aliphatic rings. The van der Waals surface area contributed by atoms with Crippen LogP contribution in [-0.4, -0.2) is 41.4 Å². The molecular formula is C22H23N3O4S. The lowest BCUT2D eigenvalue weighted by atomic mass is 10.2. The highest BCUT2D eigenvalue weighted by atomic mass is 32.2. The minimum absolute atomic E-state index is 0.176. The van der Waals surface area contributed by atoms with E-state index in [-0.39, 0.29) is 24.0 Å². The maximum Gasteiger partial charge on any atom is 0.358 e. The number of thioether (sulfide) groups is 1. The number of imidazole rings is 1. The van der Waals surface area contributed by atoms with Crippen LogP contribution in [0, 0.1) is 0 Å². The molecule has 1 heterocycles. The summed E-state index contributed by atoms with van der Waals surface area (Å²) < 4.78 is 12.1. The lowest BCUT2D eigenvalue weighted by Crippen LogP contribution is -2.18. The van der Waals surface area contributed by atoms with Crippen molar-refractivity contribution in [2.45, 2.75) is 18.6 Å². The molecule has 0 spiro atoms. The highest BCUT2D eigenvalue weighted by molar-refractivity contribution is 7.98. The Hall–Kier alpha value is -3.26. The number of ether oxygens (including phenoxy) is 2. The van der Waals surface area contributed by atoms with Crippen molar-refractivity contribution >= 4 is 29.5 Å². The first kappa shape index (κ1) is 21.4. The van der Waals surface area contributed by atoms with Crippen LogP contribution in [0.3, 0.4) is 0 Å². The molecule has 0 saturated carbocycles. The number of amides is 1. The number of benzene rings is 2. The predicted molar refractivity (Wildman–Crippen MR) is 116 cm³/mol. The Morgan fingerprint density at radius 3 is 2.40 bits per heavy atom. The highest BCUT2D eigenvalue weighted by Gasteiger charge is 2.26. The molecule has 30 heavy (non-hydrogen) atoms. The second kappa shape index (κ2) is 9.98. The largest absolute Gasteiger partial charge is 0.497 e. The van der Waals surface area contributed by atoms with E-state index in [1.54, 1.807) is 42.9 Å². The van der Waals surface area contributed by atoms with Crippen molar-refractivity contribution in [2.75, 3.05) is 25.3 Å². The zero-order valence-electron chi connectivity index (χ0n) is 17.0. The summed E-state index contributed by atoms with van der Waals surface area (Å²) in [4.78, 5) is 30.0. The number of anilines is 1. The third-order valence-corrected chi connectivity index (χ3v) is 5.03. The van der Waals surface area contributed by atoms with Crippen molar-refractivity contribution in [3.8, 4) is 5.75 Å². The quantitative estimate of drug-likeness (QED) is 0.432. The van der Waals surface area contributed by atoms with Gasteiger partial charge in [-0.05, 0) is 43.0 Å². The van der Waals surface area contributed by atoms with Crippen LogP contribution in [0.4, 0.5) is 5.82 Å². The van der Waals surface area contributed by atoms with E-state index in [0.717, 1.165) is 5.56 Å². The third kappa shape index (κ3) is 4.83. The number of aromatic nitrogens is 2. The van der Waals surface area contributed by atoms with E-state index >= 15 is 0 Å². The minimum Gasteiger partial charge on any atom is -0.497 e. The normalized spacial score (nSPS) is 10.5. The molecular weight excluding hydrogens is 402 g/mol. The Bertz CT molecular complexity index is 1020. The van der Waals surface area contributed by atoms with Crippen LogP contribution in [0.5, 0.6) is 5.75 Å². The van der Waals surface area contributed by atoms with Crippen molar-refractivity contribution in [1.29, 1.82) is 0 Å². The van der Waals surface area contributed by atoms with E-state index in [4.69, 9.17) is 9.47 Å². The van der Waals surface area contributed by atoms with Gasteiger partial charge >= 0.3 is 5.97 Å². The molecule has 0 radical (unpaired) electrons. The number of hydrogen-bond acceptors (Lipinski definition) is 6. The van der Waals surface area contributed by atoms with Gasteiger partial charge < -0.3 is 19.4 Å². The van der Waals surface area contributed by atoms with Crippen molar-refractivity contribution in [1.82, 2.24) is 9.55 Å². The first-order valence-electron chi connectivity index (χ1n) is 9.38. The van der Waals surface area contributed by atoms with Gasteiger partial charge in [0, 0.05) is 5.56 Å². The first-order valence-corrected chi connectivity index (χ1v) is 10.6. The lowest BCUT2D eigenvalue weighted by molar-refractivity contribution is 0.0514. The Balaban J connectivity index is 1.97. The molecule has 0 unspecified atom stereocenters. The van der Waals surface area contributed by atoms with E-state index in [2.05, 4.69) is 10.3 Å². The molecule has 1 N–H and O–H groups in total. The molecule has 2 aromatic carbocycles. The summed E-state index contributed by atoms with van der Waals surface area (Å²) in [6, 6.07) is 16.4. The van der Waals surface area contributed by atoms with Gasteiger partial charge in [0.25, 0.3) is 5.91 Å². The Kier molecular flexibility index (Phi) is 7.13. The average molecular weight is 426 g/mol. The second-order valence-corrected chi connectivity index (χ2v) is 7.04. The lowest BCUT2D eigenvalue weighted by Gasteiger charge is -2.11. The summed E-state index contributed by atoms with van der Waals surface area (Å²) in [6.07, 6.45) is 1.87. The molecule has 0 bridgehead atoms. The molecule has 3 rings (SSSR count). The molecule has 156 valence electrons. The molecule has 0 aliphatic carbocycles. The molecule has 8 heteroatoms. The second-order valence-electron chi connectivity index (χ2n) is 6.27. The van der Waals surface area contributed by atoms with Gasteiger partial charge in [-0.25, -0.2) is 9.78 Å². The molecule has 0 saturated heterocycles. The molecule has 3 aromatic rings. The zero-order valence-corrected chi connectivity index (χ0v) is 17.9. The Morgan fingerprint density at radius 1 is 1.10 bits per heavy atom. The van der Waals surface area contributed by atoms with Crippen LogP contribution in [0.15, 0.2) is 59.8 Å². The Labute approximate surface area is 179 Å². The van der Waals surface area contributed by atoms with Crippen LogP contribution >= 0.6 is 11.8 Å². The van der Waals surface area contributed by atoms with Gasteiger partial charge in [-0.1, -0.05) is 42.1 Å². The fraction of sp³-hybridized carbons (Fsp3) is 0.227. The number of nitrogens with one attached hydrogen (secondary N) is 1. The molecule has 0 atom stereocenters. The summed E-state index contributed by atoms with van der Waals surface area (Å²) in [5.74, 6) is -0.0865. The van der Waals surface area contributed by atoms with E-state index < -0.39 is 5.97 Å². The number of carbonyl (C=O) groups excluding carboxylic acids is 2. The number of hydrogen-bond donors (Lipinski definition) is 1. The highest BCUT2D eigenvalue weighted by Crippen LogP contribution is 2.26. The third-order valence-electron chi connectivity index (χ3n) is 4.35. The maximum absolute atomic E-state index is 12.8. The van der Waals surface area contributed by atoms with Crippen molar-refractivity contribution in [2.24, 2.45) is 0 Å². The van der Waals surface area contributed by atoms with E-state index in [0.29, 0.717) is 23.0 Å². The summed E-state index contributed by atoms with van der Waals surface area (Å²) in [5.41, 5.74) is 1.64. The van der Waals surface area contributed by atoms with Crippen LogP contribution in [0.25, 0.3) is 0 Å². The van der Waals surface area contributed by atoms with Gasteiger partial charge in [0.05, 0.1) is 20.3 Å². The van der Waals surface area contributed by atoms with Crippen LogP contribution in [-0.2, 0) is 11.3 Å². The van der Waals surface area contributed by atoms with Gasteiger partial charge in [-0.15, -0.1) is 0 Å². The Morgan fingerprint density at radius 2 is 1.80 bits per heavy atom. The molecule has 1 aromatic heterocycles. The predicted octanol–water partition coefficient (Wildman–Crippen LogP) is 4.09. The topological polar surface area (TPSA) is 82.4 Å². The number of esters is 1. The van der Waals surface area contributed by atoms with Gasteiger partial charge in [0.1, 0.15) is 5.75 Å². The maximum atomic E-state index is 12.8. The molecule has 0 aliphatic heterocycles. The van der Waals surface area contributed by atoms with E-state index in [9.17, 15) is 9.59 Å². The van der Waals surface area contributed by atoms with Crippen molar-refractivity contribution < 1.29 is 19.1 Å². The molecule has 0 fully saturated rings. The average Bonchev–Trinajstić information content (AvgIpc) is 3.11. The summed E-state index contributed by atoms with van der Waals surface area (Å²) in [5, 5.41) is 3.36. The zero-order chi connectivity index (χ0) is 21.5. The van der Waals surface area contributed by atoms with Gasteiger partial charge in [0.2, 0.25) is 0 Å². The molecule has 7 nitrogen and oxygen atoms in total. The first-order chi connectivity index (χ1) is 14.6.